The minimum absolute atomic E-state index is 0.0474. The molecule has 9 heteroatoms. The van der Waals surface area contributed by atoms with Gasteiger partial charge in [-0.2, -0.15) is 0 Å². The van der Waals surface area contributed by atoms with Gasteiger partial charge >= 0.3 is 0 Å². The Hall–Kier alpha value is -1.26. The molecule has 0 spiro atoms. The highest BCUT2D eigenvalue weighted by Gasteiger charge is 2.29. The minimum Gasteiger partial charge on any atom is -0.208 e. The first kappa shape index (κ1) is 19.5. The maximum atomic E-state index is 12.7. The van der Waals surface area contributed by atoms with E-state index in [9.17, 15) is 16.8 Å². The van der Waals surface area contributed by atoms with Gasteiger partial charge in [0.2, 0.25) is 20.0 Å². The summed E-state index contributed by atoms with van der Waals surface area (Å²) < 4.78 is 56.0. The van der Waals surface area contributed by atoms with Crippen LogP contribution in [0.15, 0.2) is 62.8 Å². The number of sulfonamides is 2. The molecule has 0 heterocycles. The zero-order valence-electron chi connectivity index (χ0n) is 14.0. The van der Waals surface area contributed by atoms with Gasteiger partial charge in [0.1, 0.15) is 0 Å². The molecule has 140 valence electrons. The molecule has 6 nitrogen and oxygen atoms in total. The van der Waals surface area contributed by atoms with Gasteiger partial charge in [-0.3, -0.25) is 0 Å². The number of hydrogen-bond acceptors (Lipinski definition) is 4. The maximum Gasteiger partial charge on any atom is 0.241 e. The molecule has 0 amide bonds. The average molecular weight is 459 g/mol. The summed E-state index contributed by atoms with van der Waals surface area (Å²) in [6.07, 6.45) is 1.62. The fraction of sp³-hybridized carbons (Fsp3) is 0.294. The van der Waals surface area contributed by atoms with Crippen LogP contribution in [-0.4, -0.2) is 22.9 Å². The van der Waals surface area contributed by atoms with Crippen LogP contribution in [0.25, 0.3) is 0 Å². The second-order valence-electron chi connectivity index (χ2n) is 6.23. The summed E-state index contributed by atoms with van der Waals surface area (Å²) in [4.78, 5) is -0.143. The molecule has 3 rings (SSSR count). The smallest absolute Gasteiger partial charge is 0.208 e. The predicted octanol–water partition coefficient (Wildman–Crippen LogP) is 2.93. The number of nitrogens with one attached hydrogen (secondary N) is 2. The molecule has 0 aliphatic heterocycles. The van der Waals surface area contributed by atoms with Gasteiger partial charge in [-0.1, -0.05) is 40.2 Å². The highest BCUT2D eigenvalue weighted by molar-refractivity contribution is 9.10. The van der Waals surface area contributed by atoms with Gasteiger partial charge < -0.3 is 0 Å². The van der Waals surface area contributed by atoms with Crippen molar-refractivity contribution in [3.05, 3.63) is 58.6 Å². The minimum atomic E-state index is -3.88. The van der Waals surface area contributed by atoms with Gasteiger partial charge in [-0.15, -0.1) is 0 Å². The number of rotatable bonds is 7. The third-order valence-electron chi connectivity index (χ3n) is 4.03. The molecule has 2 N–H and O–H groups in total. The Morgan fingerprint density at radius 3 is 2.19 bits per heavy atom. The van der Waals surface area contributed by atoms with E-state index in [2.05, 4.69) is 25.4 Å². The van der Waals surface area contributed by atoms with E-state index in [1.807, 2.05) is 24.3 Å². The van der Waals surface area contributed by atoms with Crippen LogP contribution in [0.3, 0.4) is 0 Å². The van der Waals surface area contributed by atoms with Gasteiger partial charge in [-0.05, 0) is 49.6 Å². The van der Waals surface area contributed by atoms with E-state index in [1.165, 1.54) is 24.3 Å². The summed E-state index contributed by atoms with van der Waals surface area (Å²) in [5.41, 5.74) is 0.787. The summed E-state index contributed by atoms with van der Waals surface area (Å²) in [6, 6.07) is 12.2. The molecule has 26 heavy (non-hydrogen) atoms. The highest BCUT2D eigenvalue weighted by Crippen LogP contribution is 2.26. The van der Waals surface area contributed by atoms with Gasteiger partial charge in [0, 0.05) is 16.6 Å². The zero-order chi connectivity index (χ0) is 18.9. The molecule has 1 saturated carbocycles. The third kappa shape index (κ3) is 4.52. The molecular formula is C17H19BrN2O4S2. The molecule has 0 aromatic heterocycles. The van der Waals surface area contributed by atoms with Gasteiger partial charge in [0.25, 0.3) is 0 Å². The van der Waals surface area contributed by atoms with Crippen molar-refractivity contribution in [3.63, 3.8) is 0 Å². The first-order chi connectivity index (χ1) is 12.2. The van der Waals surface area contributed by atoms with Crippen LogP contribution in [-0.2, 0) is 20.0 Å². The molecule has 1 unspecified atom stereocenters. The Bertz CT molecular complexity index is 1020. The van der Waals surface area contributed by atoms with E-state index >= 15 is 0 Å². The summed E-state index contributed by atoms with van der Waals surface area (Å²) in [5.74, 6) is 0. The van der Waals surface area contributed by atoms with E-state index in [1.54, 1.807) is 6.92 Å². The number of hydrogen-bond donors (Lipinski definition) is 2. The molecular weight excluding hydrogens is 440 g/mol. The lowest BCUT2D eigenvalue weighted by Gasteiger charge is -2.16. The van der Waals surface area contributed by atoms with E-state index in [0.29, 0.717) is 0 Å². The third-order valence-corrected chi connectivity index (χ3v) is 7.81. The van der Waals surface area contributed by atoms with E-state index < -0.39 is 26.1 Å². The molecule has 1 aliphatic carbocycles. The van der Waals surface area contributed by atoms with Crippen molar-refractivity contribution in [1.82, 2.24) is 9.44 Å². The summed E-state index contributed by atoms with van der Waals surface area (Å²) in [5, 5.41) is 0. The average Bonchev–Trinajstić information content (AvgIpc) is 3.38. The fourth-order valence-corrected chi connectivity index (χ4v) is 5.81. The highest BCUT2D eigenvalue weighted by atomic mass is 79.9. The molecule has 0 saturated heterocycles. The SMILES string of the molecule is CC(NS(=O)(=O)c1cccc(S(=O)(=O)NC2CC2)c1)c1ccccc1Br. The second-order valence-corrected chi connectivity index (χ2v) is 10.5. The summed E-state index contributed by atoms with van der Waals surface area (Å²) in [7, 11) is -7.60. The quantitative estimate of drug-likeness (QED) is 0.666. The molecule has 2 aromatic carbocycles. The fourth-order valence-electron chi connectivity index (χ4n) is 2.49. The molecule has 1 fully saturated rings. The predicted molar refractivity (Wildman–Crippen MR) is 103 cm³/mol. The van der Waals surface area contributed by atoms with Gasteiger partial charge in [-0.25, -0.2) is 26.3 Å². The Morgan fingerprint density at radius 1 is 0.962 bits per heavy atom. The van der Waals surface area contributed by atoms with E-state index in [0.717, 1.165) is 22.9 Å². The summed E-state index contributed by atoms with van der Waals surface area (Å²) in [6.45, 7) is 1.73. The maximum absolute atomic E-state index is 12.7. The topological polar surface area (TPSA) is 92.3 Å². The van der Waals surface area contributed by atoms with Crippen molar-refractivity contribution in [2.75, 3.05) is 0 Å². The first-order valence-corrected chi connectivity index (χ1v) is 11.8. The standard InChI is InChI=1S/C17H19BrN2O4S2/c1-12(16-7-2-3-8-17(16)18)19-25(21,22)14-5-4-6-15(11-14)26(23,24)20-13-9-10-13/h2-8,11-13,19-20H,9-10H2,1H3. The van der Waals surface area contributed by atoms with Crippen molar-refractivity contribution < 1.29 is 16.8 Å². The van der Waals surface area contributed by atoms with Gasteiger partial charge in [0.05, 0.1) is 9.79 Å². The van der Waals surface area contributed by atoms with Gasteiger partial charge in [0.15, 0.2) is 0 Å². The second kappa shape index (κ2) is 7.40. The van der Waals surface area contributed by atoms with E-state index in [4.69, 9.17) is 0 Å². The molecule has 0 bridgehead atoms. The van der Waals surface area contributed by atoms with Crippen LogP contribution in [0, 0.1) is 0 Å². The normalized spacial score (nSPS) is 16.4. The Kier molecular flexibility index (Phi) is 5.55. The zero-order valence-corrected chi connectivity index (χ0v) is 17.2. The van der Waals surface area contributed by atoms with Crippen molar-refractivity contribution in [3.8, 4) is 0 Å². The number of benzene rings is 2. The number of halogens is 1. The molecule has 1 atom stereocenters. The first-order valence-electron chi connectivity index (χ1n) is 8.08. The lowest BCUT2D eigenvalue weighted by Crippen LogP contribution is -2.28. The van der Waals surface area contributed by atoms with Crippen molar-refractivity contribution >= 4 is 36.0 Å². The molecule has 0 radical (unpaired) electrons. The summed E-state index contributed by atoms with van der Waals surface area (Å²) >= 11 is 3.40. The lowest BCUT2D eigenvalue weighted by atomic mass is 10.1. The Morgan fingerprint density at radius 2 is 1.58 bits per heavy atom. The van der Waals surface area contributed by atoms with Crippen LogP contribution >= 0.6 is 15.9 Å². The van der Waals surface area contributed by atoms with Crippen LogP contribution in [0.2, 0.25) is 0 Å². The van der Waals surface area contributed by atoms with Crippen LogP contribution in [0.1, 0.15) is 31.4 Å². The largest absolute Gasteiger partial charge is 0.241 e. The lowest BCUT2D eigenvalue weighted by molar-refractivity contribution is 0.566. The van der Waals surface area contributed by atoms with Crippen LogP contribution in [0.4, 0.5) is 0 Å². The van der Waals surface area contributed by atoms with Crippen molar-refractivity contribution in [1.29, 1.82) is 0 Å². The molecule has 1 aliphatic rings. The van der Waals surface area contributed by atoms with E-state index in [-0.39, 0.29) is 15.8 Å². The van der Waals surface area contributed by atoms with Crippen molar-refractivity contribution in [2.45, 2.75) is 41.6 Å². The monoisotopic (exact) mass is 458 g/mol. The molecule has 2 aromatic rings. The van der Waals surface area contributed by atoms with Crippen molar-refractivity contribution in [2.24, 2.45) is 0 Å². The Labute approximate surface area is 162 Å². The Balaban J connectivity index is 1.85. The van der Waals surface area contributed by atoms with Crippen LogP contribution in [0.5, 0.6) is 0 Å². The van der Waals surface area contributed by atoms with Crippen LogP contribution < -0.4 is 9.44 Å².